The fraction of sp³-hybridized carbons (Fsp3) is 0.500. The molecule has 0 atom stereocenters. The third-order valence-electron chi connectivity index (χ3n) is 3.27. The van der Waals surface area contributed by atoms with Crippen molar-refractivity contribution in [2.24, 2.45) is 5.92 Å². The van der Waals surface area contributed by atoms with Gasteiger partial charge in [-0.1, -0.05) is 0 Å². The predicted molar refractivity (Wildman–Crippen MR) is 77.4 cm³/mol. The van der Waals surface area contributed by atoms with E-state index in [1.165, 1.54) is 6.07 Å². The van der Waals surface area contributed by atoms with Crippen molar-refractivity contribution in [3.63, 3.8) is 0 Å². The first-order valence-corrected chi connectivity index (χ1v) is 6.66. The summed E-state index contributed by atoms with van der Waals surface area (Å²) in [6, 6.07) is 1.49. The lowest BCUT2D eigenvalue weighted by atomic mass is 9.99. The van der Waals surface area contributed by atoms with Crippen LogP contribution in [0.15, 0.2) is 10.9 Å². The number of anilines is 1. The average Bonchev–Trinajstić information content (AvgIpc) is 2.44. The number of amides is 1. The third-order valence-corrected chi connectivity index (χ3v) is 3.27. The Kier molecular flexibility index (Phi) is 6.61. The highest BCUT2D eigenvalue weighted by Crippen LogP contribution is 2.20. The molecule has 21 heavy (non-hydrogen) atoms. The molecule has 0 saturated carbocycles. The number of pyridine rings is 1. The van der Waals surface area contributed by atoms with Crippen LogP contribution >= 0.6 is 0 Å². The molecule has 1 aromatic heterocycles. The van der Waals surface area contributed by atoms with E-state index in [1.54, 1.807) is 6.92 Å². The number of carbonyl (C=O) groups excluding carboxylic acids is 1. The van der Waals surface area contributed by atoms with Crippen LogP contribution in [0.4, 0.5) is 5.69 Å². The van der Waals surface area contributed by atoms with Crippen molar-refractivity contribution in [3.8, 4) is 0 Å². The second-order valence-electron chi connectivity index (χ2n) is 4.80. The summed E-state index contributed by atoms with van der Waals surface area (Å²) in [6.45, 7) is 4.64. The van der Waals surface area contributed by atoms with Crippen molar-refractivity contribution < 1.29 is 19.4 Å². The number of aromatic amines is 1. The molecular weight excluding hydrogens is 276 g/mol. The van der Waals surface area contributed by atoms with Gasteiger partial charge in [0.15, 0.2) is 0 Å². The van der Waals surface area contributed by atoms with Crippen molar-refractivity contribution in [1.82, 2.24) is 4.98 Å². The zero-order valence-corrected chi connectivity index (χ0v) is 12.1. The minimum atomic E-state index is -0.250. The van der Waals surface area contributed by atoms with E-state index in [1.807, 2.05) is 6.92 Å². The highest BCUT2D eigenvalue weighted by atomic mass is 16.5. The van der Waals surface area contributed by atoms with Crippen LogP contribution in [-0.4, -0.2) is 35.7 Å². The quantitative estimate of drug-likeness (QED) is 0.707. The Labute approximate surface area is 122 Å². The van der Waals surface area contributed by atoms with Gasteiger partial charge < -0.3 is 20.1 Å². The van der Waals surface area contributed by atoms with Crippen LogP contribution in [0.1, 0.15) is 24.1 Å². The Morgan fingerprint density at radius 1 is 1.43 bits per heavy atom. The van der Waals surface area contributed by atoms with Crippen LogP contribution in [0, 0.1) is 19.8 Å². The van der Waals surface area contributed by atoms with Gasteiger partial charge in [-0.3, -0.25) is 14.4 Å². The number of ether oxygens (including phenoxy) is 1. The molecule has 3 N–H and O–H groups in total. The molecule has 0 aromatic carbocycles. The van der Waals surface area contributed by atoms with Crippen molar-refractivity contribution in [2.75, 3.05) is 18.5 Å². The largest absolute Gasteiger partial charge is 0.483 e. The van der Waals surface area contributed by atoms with E-state index in [-0.39, 0.29) is 23.9 Å². The minimum Gasteiger partial charge on any atom is -0.483 e. The Bertz CT molecular complexity index is 521. The molecule has 2 rings (SSSR count). The number of aryl methyl sites for hydroxylation is 2. The summed E-state index contributed by atoms with van der Waals surface area (Å²) in [4.78, 5) is 34.4. The summed E-state index contributed by atoms with van der Waals surface area (Å²) in [5.41, 5.74) is 2.05. The van der Waals surface area contributed by atoms with Crippen LogP contribution < -0.4 is 10.9 Å². The number of carboxylic acid groups (broad SMARTS) is 1. The smallest absolute Gasteiger partial charge is 0.290 e. The number of rotatable bonds is 2. The van der Waals surface area contributed by atoms with Crippen molar-refractivity contribution >= 4 is 18.1 Å². The van der Waals surface area contributed by atoms with Crippen molar-refractivity contribution in [3.05, 3.63) is 27.7 Å². The molecule has 0 bridgehead atoms. The van der Waals surface area contributed by atoms with E-state index >= 15 is 0 Å². The molecule has 1 aliphatic heterocycles. The molecule has 1 saturated heterocycles. The van der Waals surface area contributed by atoms with Gasteiger partial charge in [0.05, 0.1) is 5.69 Å². The van der Waals surface area contributed by atoms with Gasteiger partial charge in [0.2, 0.25) is 11.5 Å². The van der Waals surface area contributed by atoms with E-state index in [0.29, 0.717) is 24.6 Å². The van der Waals surface area contributed by atoms with Crippen LogP contribution in [0.2, 0.25) is 0 Å². The minimum absolute atomic E-state index is 0.00415. The molecule has 0 spiro atoms. The van der Waals surface area contributed by atoms with Gasteiger partial charge in [0, 0.05) is 30.9 Å². The molecule has 116 valence electrons. The van der Waals surface area contributed by atoms with E-state index in [2.05, 4.69) is 10.3 Å². The first-order chi connectivity index (χ1) is 9.99. The number of hydrogen-bond acceptors (Lipinski definition) is 4. The highest BCUT2D eigenvalue weighted by molar-refractivity contribution is 5.93. The summed E-state index contributed by atoms with van der Waals surface area (Å²) in [7, 11) is 0. The van der Waals surface area contributed by atoms with Gasteiger partial charge in [0.1, 0.15) is 0 Å². The highest BCUT2D eigenvalue weighted by Gasteiger charge is 2.22. The maximum atomic E-state index is 12.1. The SMILES string of the molecule is Cc1cc(=O)[nH]c(C)c1NC(=O)C1CCOCC1.O=CO. The maximum absolute atomic E-state index is 12.1. The summed E-state index contributed by atoms with van der Waals surface area (Å²) < 4.78 is 5.24. The first kappa shape index (κ1) is 16.9. The van der Waals surface area contributed by atoms with Crippen LogP contribution in [-0.2, 0) is 14.3 Å². The first-order valence-electron chi connectivity index (χ1n) is 6.66. The van der Waals surface area contributed by atoms with Crippen LogP contribution in [0.25, 0.3) is 0 Å². The fourth-order valence-corrected chi connectivity index (χ4v) is 2.23. The lowest BCUT2D eigenvalue weighted by Gasteiger charge is -2.22. The van der Waals surface area contributed by atoms with Gasteiger partial charge in [-0.05, 0) is 32.3 Å². The Hall–Kier alpha value is -2.15. The number of carbonyl (C=O) groups is 2. The molecule has 0 aliphatic carbocycles. The molecular formula is C14H20N2O5. The van der Waals surface area contributed by atoms with E-state index in [0.717, 1.165) is 18.4 Å². The molecule has 1 fully saturated rings. The van der Waals surface area contributed by atoms with Crippen molar-refractivity contribution in [1.29, 1.82) is 0 Å². The number of aromatic nitrogens is 1. The number of nitrogens with one attached hydrogen (secondary N) is 2. The fourth-order valence-electron chi connectivity index (χ4n) is 2.23. The molecule has 0 radical (unpaired) electrons. The lowest BCUT2D eigenvalue weighted by Crippen LogP contribution is -2.29. The molecule has 1 amide bonds. The average molecular weight is 296 g/mol. The zero-order chi connectivity index (χ0) is 15.8. The van der Waals surface area contributed by atoms with Gasteiger partial charge in [0.25, 0.3) is 6.47 Å². The molecule has 7 heteroatoms. The van der Waals surface area contributed by atoms with E-state index < -0.39 is 0 Å². The molecule has 0 unspecified atom stereocenters. The van der Waals surface area contributed by atoms with Gasteiger partial charge >= 0.3 is 0 Å². The molecule has 1 aromatic rings. The molecule has 1 aliphatic rings. The van der Waals surface area contributed by atoms with E-state index in [4.69, 9.17) is 14.6 Å². The van der Waals surface area contributed by atoms with Gasteiger partial charge in [-0.25, -0.2) is 0 Å². The summed E-state index contributed by atoms with van der Waals surface area (Å²) in [5.74, 6) is 0.0148. The van der Waals surface area contributed by atoms with E-state index in [9.17, 15) is 9.59 Å². The zero-order valence-electron chi connectivity index (χ0n) is 12.1. The monoisotopic (exact) mass is 296 g/mol. The normalized spacial score (nSPS) is 14.8. The van der Waals surface area contributed by atoms with Gasteiger partial charge in [-0.15, -0.1) is 0 Å². The molecule has 2 heterocycles. The van der Waals surface area contributed by atoms with Gasteiger partial charge in [-0.2, -0.15) is 0 Å². The number of hydrogen-bond donors (Lipinski definition) is 3. The summed E-state index contributed by atoms with van der Waals surface area (Å²) in [5, 5.41) is 9.80. The van der Waals surface area contributed by atoms with Crippen LogP contribution in [0.3, 0.4) is 0 Å². The predicted octanol–water partition coefficient (Wildman–Crippen LogP) is 1.06. The van der Waals surface area contributed by atoms with Crippen molar-refractivity contribution in [2.45, 2.75) is 26.7 Å². The topological polar surface area (TPSA) is 108 Å². The summed E-state index contributed by atoms with van der Waals surface area (Å²) >= 11 is 0. The number of H-pyrrole nitrogens is 1. The Morgan fingerprint density at radius 3 is 2.52 bits per heavy atom. The maximum Gasteiger partial charge on any atom is 0.290 e. The second kappa shape index (κ2) is 8.21. The third kappa shape index (κ3) is 5.03. The standard InChI is InChI=1S/C13H18N2O3.CH2O2/c1-8-7-11(16)14-9(2)12(8)15-13(17)10-3-5-18-6-4-10;2-1-3/h7,10H,3-6H2,1-2H3,(H,14,16)(H,15,17);1H,(H,2,3). The Morgan fingerprint density at radius 2 is 2.00 bits per heavy atom. The molecule has 7 nitrogen and oxygen atoms in total. The second-order valence-corrected chi connectivity index (χ2v) is 4.80. The Balaban J connectivity index is 0.000000677. The summed E-state index contributed by atoms with van der Waals surface area (Å²) in [6.07, 6.45) is 1.51. The lowest BCUT2D eigenvalue weighted by molar-refractivity contribution is -0.123. The van der Waals surface area contributed by atoms with Crippen LogP contribution in [0.5, 0.6) is 0 Å².